The van der Waals surface area contributed by atoms with Crippen LogP contribution in [-0.2, 0) is 19.3 Å². The Balaban J connectivity index is 1.40. The summed E-state index contributed by atoms with van der Waals surface area (Å²) in [5, 5.41) is 1.62. The molecule has 0 bridgehead atoms. The maximum Gasteiger partial charge on any atom is 0.139 e. The lowest BCUT2D eigenvalue weighted by Gasteiger charge is -2.07. The van der Waals surface area contributed by atoms with Gasteiger partial charge in [-0.15, -0.1) is 11.3 Å². The van der Waals surface area contributed by atoms with Crippen LogP contribution < -0.4 is 11.3 Å². The van der Waals surface area contributed by atoms with Crippen molar-refractivity contribution in [3.8, 4) is 0 Å². The molecular formula is C29H35ClN4S. The molecule has 0 spiro atoms. The first-order valence-corrected chi connectivity index (χ1v) is 13.9. The van der Waals surface area contributed by atoms with E-state index >= 15 is 0 Å². The van der Waals surface area contributed by atoms with Crippen LogP contribution in [0.4, 0.5) is 5.00 Å². The van der Waals surface area contributed by atoms with Crippen LogP contribution in [0, 0.1) is 0 Å². The molecule has 1 aliphatic rings. The van der Waals surface area contributed by atoms with E-state index in [9.17, 15) is 0 Å². The smallest absolute Gasteiger partial charge is 0.139 e. The number of unbranched alkanes of at least 4 members (excludes halogenated alkanes) is 5. The van der Waals surface area contributed by atoms with E-state index < -0.39 is 0 Å². The molecule has 0 aliphatic carbocycles. The van der Waals surface area contributed by atoms with Gasteiger partial charge in [-0.05, 0) is 48.9 Å². The van der Waals surface area contributed by atoms with Gasteiger partial charge < -0.3 is 5.43 Å². The topological polar surface area (TPSA) is 62.8 Å². The lowest BCUT2D eigenvalue weighted by molar-refractivity contribution is 0.607. The summed E-state index contributed by atoms with van der Waals surface area (Å²) in [7, 11) is 0. The fourth-order valence-corrected chi connectivity index (χ4v) is 5.69. The average Bonchev–Trinajstić information content (AvgIpc) is 3.20. The Hall–Kier alpha value is -2.47. The van der Waals surface area contributed by atoms with Gasteiger partial charge in [0, 0.05) is 21.0 Å². The second kappa shape index (κ2) is 13.0. The molecule has 1 aromatic heterocycles. The summed E-state index contributed by atoms with van der Waals surface area (Å²) >= 11 is 8.22. The molecular weight excluding hydrogens is 472 g/mol. The number of nitrogens with zero attached hydrogens (tertiary/aromatic N) is 2. The van der Waals surface area contributed by atoms with Crippen molar-refractivity contribution < 1.29 is 0 Å². The number of nitrogens with one attached hydrogen (secondary N) is 1. The molecule has 0 saturated heterocycles. The molecule has 184 valence electrons. The Morgan fingerprint density at radius 1 is 0.886 bits per heavy atom. The van der Waals surface area contributed by atoms with Gasteiger partial charge in [-0.1, -0.05) is 93.1 Å². The Kier molecular flexibility index (Phi) is 9.52. The van der Waals surface area contributed by atoms with E-state index in [1.165, 1.54) is 60.9 Å². The Bertz CT molecular complexity index is 1160. The van der Waals surface area contributed by atoms with Crippen LogP contribution in [0.25, 0.3) is 0 Å². The average molecular weight is 507 g/mol. The molecule has 6 heteroatoms. The number of aryl methyl sites for hydroxylation is 3. The second-order valence-electron chi connectivity index (χ2n) is 9.11. The highest BCUT2D eigenvalue weighted by Gasteiger charge is 2.21. The van der Waals surface area contributed by atoms with Crippen LogP contribution in [0.2, 0.25) is 5.02 Å². The Labute approximate surface area is 218 Å². The first-order chi connectivity index (χ1) is 17.2. The molecule has 2 heterocycles. The second-order valence-corrected chi connectivity index (χ2v) is 10.6. The van der Waals surface area contributed by atoms with Gasteiger partial charge in [0.25, 0.3) is 0 Å². The molecule has 2 aromatic carbocycles. The van der Waals surface area contributed by atoms with E-state index in [-0.39, 0.29) is 0 Å². The number of thiophene rings is 1. The quantitative estimate of drug-likeness (QED) is 0.161. The number of halogens is 1. The summed E-state index contributed by atoms with van der Waals surface area (Å²) < 4.78 is 0. The zero-order valence-corrected chi connectivity index (χ0v) is 22.1. The van der Waals surface area contributed by atoms with Crippen molar-refractivity contribution >= 4 is 39.5 Å². The summed E-state index contributed by atoms with van der Waals surface area (Å²) in [4.78, 5) is 10.8. The minimum atomic E-state index is 0.402. The highest BCUT2D eigenvalue weighted by atomic mass is 35.5. The van der Waals surface area contributed by atoms with Gasteiger partial charge in [-0.25, -0.2) is 10.8 Å². The third-order valence-corrected chi connectivity index (χ3v) is 7.86. The minimum Gasteiger partial charge on any atom is -0.310 e. The van der Waals surface area contributed by atoms with Crippen molar-refractivity contribution in [1.82, 2.24) is 5.43 Å². The van der Waals surface area contributed by atoms with E-state index in [0.717, 1.165) is 34.7 Å². The first kappa shape index (κ1) is 25.6. The first-order valence-electron chi connectivity index (χ1n) is 12.7. The number of fused-ring (bicyclic) bond motifs is 1. The van der Waals surface area contributed by atoms with E-state index in [0.29, 0.717) is 17.4 Å². The van der Waals surface area contributed by atoms with Crippen LogP contribution in [0.1, 0.15) is 72.6 Å². The molecule has 0 saturated carbocycles. The Morgan fingerprint density at radius 2 is 1.60 bits per heavy atom. The van der Waals surface area contributed by atoms with Crippen LogP contribution in [0.5, 0.6) is 0 Å². The van der Waals surface area contributed by atoms with Crippen molar-refractivity contribution in [1.29, 1.82) is 0 Å². The van der Waals surface area contributed by atoms with Gasteiger partial charge >= 0.3 is 0 Å². The van der Waals surface area contributed by atoms with Crippen molar-refractivity contribution in [2.75, 3.05) is 6.54 Å². The zero-order chi connectivity index (χ0) is 24.5. The molecule has 0 unspecified atom stereocenters. The third kappa shape index (κ3) is 7.03. The molecule has 4 nitrogen and oxygen atoms in total. The van der Waals surface area contributed by atoms with E-state index in [4.69, 9.17) is 27.4 Å². The number of hydrazine groups is 1. The fourth-order valence-electron chi connectivity index (χ4n) is 4.42. The van der Waals surface area contributed by atoms with Crippen molar-refractivity contribution in [3.63, 3.8) is 0 Å². The van der Waals surface area contributed by atoms with Crippen molar-refractivity contribution in [2.45, 2.75) is 64.7 Å². The predicted octanol–water partition coefficient (Wildman–Crippen LogP) is 7.43. The van der Waals surface area contributed by atoms with Gasteiger partial charge in [0.05, 0.1) is 12.3 Å². The third-order valence-electron chi connectivity index (χ3n) is 6.44. The summed E-state index contributed by atoms with van der Waals surface area (Å²) in [6, 6.07) is 19.2. The lowest BCUT2D eigenvalue weighted by atomic mass is 10.0. The normalized spacial score (nSPS) is 13.1. The van der Waals surface area contributed by atoms with Gasteiger partial charge in [0.2, 0.25) is 0 Å². The van der Waals surface area contributed by atoms with Crippen LogP contribution in [0.3, 0.4) is 0 Å². The molecule has 0 fully saturated rings. The van der Waals surface area contributed by atoms with E-state index in [1.807, 2.05) is 24.3 Å². The van der Waals surface area contributed by atoms with Gasteiger partial charge in [0.1, 0.15) is 10.8 Å². The highest BCUT2D eigenvalue weighted by Crippen LogP contribution is 2.36. The van der Waals surface area contributed by atoms with Crippen molar-refractivity contribution in [2.24, 2.45) is 15.8 Å². The molecule has 4 rings (SSSR count). The molecule has 0 amide bonds. The maximum atomic E-state index is 6.51. The van der Waals surface area contributed by atoms with Crippen LogP contribution in [0.15, 0.2) is 64.6 Å². The van der Waals surface area contributed by atoms with Crippen LogP contribution in [-0.4, -0.2) is 18.1 Å². The number of amidine groups is 1. The van der Waals surface area contributed by atoms with E-state index in [1.54, 1.807) is 11.3 Å². The summed E-state index contributed by atoms with van der Waals surface area (Å²) in [6.07, 6.45) is 11.2. The molecule has 0 atom stereocenters. The van der Waals surface area contributed by atoms with E-state index in [2.05, 4.69) is 42.7 Å². The maximum absolute atomic E-state index is 6.51. The summed E-state index contributed by atoms with van der Waals surface area (Å²) in [5.74, 6) is 6.34. The van der Waals surface area contributed by atoms with Gasteiger partial charge in [-0.3, -0.25) is 4.99 Å². The molecule has 3 aromatic rings. The summed E-state index contributed by atoms with van der Waals surface area (Å²) in [6.45, 7) is 2.67. The summed E-state index contributed by atoms with van der Waals surface area (Å²) in [5.41, 5.74) is 8.33. The monoisotopic (exact) mass is 506 g/mol. The van der Waals surface area contributed by atoms with Crippen molar-refractivity contribution in [3.05, 3.63) is 86.8 Å². The number of nitrogens with two attached hydrogens (primary N) is 1. The molecule has 35 heavy (non-hydrogen) atoms. The fraction of sp³-hybridized carbons (Fsp3) is 0.379. The molecule has 3 N–H and O–H groups in total. The number of hydrogen-bond acceptors (Lipinski definition) is 5. The molecule has 0 radical (unpaired) electrons. The standard InChI is InChI=1S/C29H35ClN4S/c1-2-3-4-5-6-7-10-21-13-15-22(16-14-21)17-18-23-19-25-28(24-11-8-9-12-26(24)30)32-20-27(34-31)33-29(25)35-23/h8-9,11-16,19H,2-7,10,17-18,20,31H2,1H3,(H,33,34). The predicted molar refractivity (Wildman–Crippen MR) is 152 cm³/mol. The van der Waals surface area contributed by atoms with Gasteiger partial charge in [-0.2, -0.15) is 0 Å². The zero-order valence-electron chi connectivity index (χ0n) is 20.5. The number of hydrogen-bond donors (Lipinski definition) is 2. The largest absolute Gasteiger partial charge is 0.310 e. The van der Waals surface area contributed by atoms with Gasteiger partial charge in [0.15, 0.2) is 0 Å². The number of benzene rings is 2. The number of rotatable bonds is 11. The molecule has 1 aliphatic heterocycles. The lowest BCUT2D eigenvalue weighted by Crippen LogP contribution is -2.32. The minimum absolute atomic E-state index is 0.402. The highest BCUT2D eigenvalue weighted by molar-refractivity contribution is 7.16. The SMILES string of the molecule is CCCCCCCCc1ccc(CCc2cc3c(s2)N=C(NN)CN=C3c2ccccc2Cl)cc1. The van der Waals surface area contributed by atoms with Crippen LogP contribution >= 0.6 is 22.9 Å². The Morgan fingerprint density at radius 3 is 2.34 bits per heavy atom. The number of aliphatic imine (C=N–C) groups is 2.